The van der Waals surface area contributed by atoms with Gasteiger partial charge in [0, 0.05) is 43.5 Å². The highest BCUT2D eigenvalue weighted by Gasteiger charge is 2.21. The lowest BCUT2D eigenvalue weighted by Gasteiger charge is -2.34. The Morgan fingerprint density at radius 2 is 1.89 bits per heavy atom. The highest BCUT2D eigenvalue weighted by Crippen LogP contribution is 2.39. The molecule has 5 rings (SSSR count). The second-order valence-electron chi connectivity index (χ2n) is 8.61. The number of primary amides is 1. The van der Waals surface area contributed by atoms with Crippen LogP contribution in [0.1, 0.15) is 9.67 Å². The molecule has 1 aliphatic heterocycles. The van der Waals surface area contributed by atoms with Gasteiger partial charge in [-0.05, 0) is 36.9 Å². The van der Waals surface area contributed by atoms with Gasteiger partial charge in [-0.1, -0.05) is 12.1 Å². The maximum Gasteiger partial charge on any atom is 0.259 e. The smallest absolute Gasteiger partial charge is 0.259 e. The minimum atomic E-state index is -0.508. The maximum absolute atomic E-state index is 12.3. The first-order valence-electron chi connectivity index (χ1n) is 11.6. The summed E-state index contributed by atoms with van der Waals surface area (Å²) < 4.78 is 11.8. The first-order chi connectivity index (χ1) is 17.5. The predicted molar refractivity (Wildman–Crippen MR) is 144 cm³/mol. The molecule has 2 aromatic heterocycles. The fraction of sp³-hybridized carbons (Fsp3) is 0.269. The van der Waals surface area contributed by atoms with Crippen LogP contribution >= 0.6 is 11.3 Å². The molecule has 1 amide bonds. The molecule has 36 heavy (non-hydrogen) atoms. The Bertz CT molecular complexity index is 1410. The molecular formula is C26H28N6O3S. The van der Waals surface area contributed by atoms with Gasteiger partial charge in [0.25, 0.3) is 5.91 Å². The van der Waals surface area contributed by atoms with Crippen molar-refractivity contribution < 1.29 is 14.3 Å². The van der Waals surface area contributed by atoms with Crippen LogP contribution in [-0.4, -0.2) is 68.2 Å². The van der Waals surface area contributed by atoms with Crippen LogP contribution in [0.2, 0.25) is 0 Å². The van der Waals surface area contributed by atoms with E-state index in [-0.39, 0.29) is 0 Å². The molecule has 10 heteroatoms. The molecule has 4 aromatic rings. The van der Waals surface area contributed by atoms with Gasteiger partial charge in [-0.25, -0.2) is 9.97 Å². The first kappa shape index (κ1) is 23.8. The van der Waals surface area contributed by atoms with Gasteiger partial charge < -0.3 is 30.3 Å². The van der Waals surface area contributed by atoms with E-state index in [0.717, 1.165) is 47.8 Å². The lowest BCUT2D eigenvalue weighted by molar-refractivity contribution is 0.100. The number of amides is 1. The number of nitrogens with two attached hydrogens (primary N) is 1. The molecule has 2 aromatic carbocycles. The van der Waals surface area contributed by atoms with Gasteiger partial charge in [0.15, 0.2) is 0 Å². The number of ether oxygens (including phenoxy) is 2. The van der Waals surface area contributed by atoms with E-state index in [0.29, 0.717) is 33.4 Å². The Kier molecular flexibility index (Phi) is 6.62. The summed E-state index contributed by atoms with van der Waals surface area (Å²) in [5.74, 6) is 1.27. The quantitative estimate of drug-likeness (QED) is 0.390. The molecule has 1 saturated heterocycles. The molecule has 0 unspecified atom stereocenters. The third kappa shape index (κ3) is 4.65. The summed E-state index contributed by atoms with van der Waals surface area (Å²) in [6.45, 7) is 4.00. The van der Waals surface area contributed by atoms with Crippen molar-refractivity contribution in [2.24, 2.45) is 5.73 Å². The van der Waals surface area contributed by atoms with Crippen LogP contribution in [0.3, 0.4) is 0 Å². The van der Waals surface area contributed by atoms with Crippen LogP contribution in [0.15, 0.2) is 48.7 Å². The van der Waals surface area contributed by atoms with Crippen LogP contribution in [0.25, 0.3) is 21.3 Å². The molecule has 9 nitrogen and oxygen atoms in total. The first-order valence-corrected chi connectivity index (χ1v) is 12.4. The van der Waals surface area contributed by atoms with Gasteiger partial charge in [0.05, 0.1) is 36.3 Å². The van der Waals surface area contributed by atoms with Gasteiger partial charge >= 0.3 is 0 Å². The number of aromatic nitrogens is 2. The van der Waals surface area contributed by atoms with Crippen LogP contribution in [0.5, 0.6) is 11.5 Å². The van der Waals surface area contributed by atoms with Gasteiger partial charge in [0.2, 0.25) is 5.95 Å². The van der Waals surface area contributed by atoms with Crippen molar-refractivity contribution in [2.45, 2.75) is 0 Å². The van der Waals surface area contributed by atoms with Crippen LogP contribution in [0.4, 0.5) is 17.3 Å². The standard InChI is InChI=1S/C26H28N6O3S/c1-31-9-11-32(12-10-31)17-7-8-19(20(14-17)35-3)29-26-28-15-21-23(30-26)22(24(36-21)25(27)33)16-5-4-6-18(13-16)34-2/h4-8,13-15H,9-12H2,1-3H3,(H2,27,33)(H,28,29,30). The maximum atomic E-state index is 12.3. The van der Waals surface area contributed by atoms with Gasteiger partial charge in [-0.2, -0.15) is 0 Å². The van der Waals surface area contributed by atoms with Gasteiger partial charge in [-0.15, -0.1) is 11.3 Å². The second kappa shape index (κ2) is 10.00. The van der Waals surface area contributed by atoms with Gasteiger partial charge in [0.1, 0.15) is 16.4 Å². The minimum Gasteiger partial charge on any atom is -0.497 e. The normalized spacial score (nSPS) is 14.1. The van der Waals surface area contributed by atoms with E-state index in [2.05, 4.69) is 33.2 Å². The lowest BCUT2D eigenvalue weighted by Crippen LogP contribution is -2.44. The number of thiophene rings is 1. The molecule has 0 aliphatic carbocycles. The zero-order valence-corrected chi connectivity index (χ0v) is 21.3. The van der Waals surface area contributed by atoms with Crippen molar-refractivity contribution in [3.05, 3.63) is 53.5 Å². The number of fused-ring (bicyclic) bond motifs is 1. The zero-order chi connectivity index (χ0) is 25.2. The Labute approximate surface area is 213 Å². The Morgan fingerprint density at radius 1 is 1.08 bits per heavy atom. The van der Waals surface area contributed by atoms with E-state index in [4.69, 9.17) is 20.2 Å². The van der Waals surface area contributed by atoms with E-state index < -0.39 is 5.91 Å². The number of anilines is 3. The summed E-state index contributed by atoms with van der Waals surface area (Å²) in [5, 5.41) is 3.28. The SMILES string of the molecule is COc1cccc(-c2c(C(N)=O)sc3cnc(Nc4ccc(N5CCN(C)CC5)cc4OC)nc23)c1. The van der Waals surface area contributed by atoms with E-state index in [1.54, 1.807) is 20.4 Å². The summed E-state index contributed by atoms with van der Waals surface area (Å²) in [6, 6.07) is 13.6. The third-order valence-corrected chi connectivity index (χ3v) is 7.44. The number of carbonyl (C=O) groups excluding carboxylic acids is 1. The van der Waals surface area contributed by atoms with Crippen molar-refractivity contribution in [2.75, 3.05) is 57.7 Å². The minimum absolute atomic E-state index is 0.395. The van der Waals surface area contributed by atoms with Crippen molar-refractivity contribution in [3.63, 3.8) is 0 Å². The molecule has 1 aliphatic rings. The summed E-state index contributed by atoms with van der Waals surface area (Å²) in [7, 11) is 5.39. The number of likely N-dealkylation sites (N-methyl/N-ethyl adjacent to an activating group) is 1. The monoisotopic (exact) mass is 504 g/mol. The molecule has 3 N–H and O–H groups in total. The molecular weight excluding hydrogens is 476 g/mol. The largest absolute Gasteiger partial charge is 0.497 e. The summed E-state index contributed by atoms with van der Waals surface area (Å²) >= 11 is 1.28. The van der Waals surface area contributed by atoms with E-state index in [1.165, 1.54) is 11.3 Å². The number of piperazine rings is 1. The summed E-state index contributed by atoms with van der Waals surface area (Å²) in [6.07, 6.45) is 1.70. The average Bonchev–Trinajstić information content (AvgIpc) is 3.29. The molecule has 0 radical (unpaired) electrons. The number of rotatable bonds is 7. The molecule has 1 fully saturated rings. The molecule has 0 spiro atoms. The number of nitrogens with zero attached hydrogens (tertiary/aromatic N) is 4. The number of hydrogen-bond donors (Lipinski definition) is 2. The van der Waals surface area contributed by atoms with Gasteiger partial charge in [-0.3, -0.25) is 4.79 Å². The van der Waals surface area contributed by atoms with Crippen molar-refractivity contribution >= 4 is 44.8 Å². The Hall–Kier alpha value is -3.89. The average molecular weight is 505 g/mol. The van der Waals surface area contributed by atoms with Crippen LogP contribution in [-0.2, 0) is 0 Å². The number of hydrogen-bond acceptors (Lipinski definition) is 9. The number of methoxy groups -OCH3 is 2. The van der Waals surface area contributed by atoms with E-state index in [1.807, 2.05) is 36.4 Å². The predicted octanol–water partition coefficient (Wildman–Crippen LogP) is 3.97. The van der Waals surface area contributed by atoms with Crippen molar-refractivity contribution in [3.8, 4) is 22.6 Å². The lowest BCUT2D eigenvalue weighted by atomic mass is 10.0. The molecule has 0 atom stereocenters. The third-order valence-electron chi connectivity index (χ3n) is 6.31. The molecule has 0 saturated carbocycles. The van der Waals surface area contributed by atoms with Crippen LogP contribution < -0.4 is 25.4 Å². The summed E-state index contributed by atoms with van der Waals surface area (Å²) in [5.41, 5.74) is 9.71. The summed E-state index contributed by atoms with van der Waals surface area (Å²) in [4.78, 5) is 26.6. The Balaban J connectivity index is 1.50. The van der Waals surface area contributed by atoms with Crippen molar-refractivity contribution in [1.82, 2.24) is 14.9 Å². The molecule has 0 bridgehead atoms. The Morgan fingerprint density at radius 3 is 2.61 bits per heavy atom. The number of nitrogens with one attached hydrogen (secondary N) is 1. The molecule has 3 heterocycles. The molecule has 186 valence electrons. The second-order valence-corrected chi connectivity index (χ2v) is 9.66. The van der Waals surface area contributed by atoms with E-state index in [9.17, 15) is 4.79 Å². The number of benzene rings is 2. The highest BCUT2D eigenvalue weighted by molar-refractivity contribution is 7.21. The van der Waals surface area contributed by atoms with Crippen molar-refractivity contribution in [1.29, 1.82) is 0 Å². The topological polar surface area (TPSA) is 106 Å². The fourth-order valence-electron chi connectivity index (χ4n) is 4.34. The highest BCUT2D eigenvalue weighted by atomic mass is 32.1. The van der Waals surface area contributed by atoms with Crippen LogP contribution in [0, 0.1) is 0 Å². The van der Waals surface area contributed by atoms with E-state index >= 15 is 0 Å². The zero-order valence-electron chi connectivity index (χ0n) is 20.4. The fourth-order valence-corrected chi connectivity index (χ4v) is 5.33. The number of carbonyl (C=O) groups is 1.